The van der Waals surface area contributed by atoms with Gasteiger partial charge < -0.3 is 18.3 Å². The van der Waals surface area contributed by atoms with Crippen LogP contribution in [0.1, 0.15) is 33.6 Å². The first-order valence-electron chi connectivity index (χ1n) is 7.35. The third-order valence-corrected chi connectivity index (χ3v) is 6.31. The molecular formula is C14H26O6Si. The molecule has 6 nitrogen and oxygen atoms in total. The third-order valence-electron chi connectivity index (χ3n) is 3.61. The Morgan fingerprint density at radius 2 is 1.76 bits per heavy atom. The van der Waals surface area contributed by atoms with Crippen molar-refractivity contribution in [3.63, 3.8) is 0 Å². The second kappa shape index (κ2) is 7.91. The molecule has 1 aliphatic heterocycles. The smallest absolute Gasteiger partial charge is 0.461 e. The topological polar surface area (TPSA) is 71.1 Å². The molecule has 0 N–H and O–H groups in total. The first-order chi connectivity index (χ1) is 9.81. The van der Waals surface area contributed by atoms with Gasteiger partial charge in [0.25, 0.3) is 11.9 Å². The molecule has 1 rings (SSSR count). The Morgan fingerprint density at radius 3 is 2.14 bits per heavy atom. The number of ether oxygens (including phenoxy) is 2. The minimum Gasteiger partial charge on any atom is -0.485 e. The molecule has 0 bridgehead atoms. The monoisotopic (exact) mass is 318 g/mol. The summed E-state index contributed by atoms with van der Waals surface area (Å²) in [5.41, 5.74) is 0.173. The zero-order chi connectivity index (χ0) is 15.9. The number of hydrogen-bond acceptors (Lipinski definition) is 6. The molecule has 1 saturated heterocycles. The zero-order valence-corrected chi connectivity index (χ0v) is 14.4. The van der Waals surface area contributed by atoms with Crippen molar-refractivity contribution in [2.75, 3.05) is 26.4 Å². The fraction of sp³-hybridized carbons (Fsp3) is 0.857. The number of hydrogen-bond donors (Lipinski definition) is 0. The van der Waals surface area contributed by atoms with Crippen LogP contribution in [0, 0.1) is 5.41 Å². The normalized spacial score (nSPS) is 17.0. The van der Waals surface area contributed by atoms with Crippen LogP contribution < -0.4 is 0 Å². The molecule has 21 heavy (non-hydrogen) atoms. The Labute approximate surface area is 127 Å². The summed E-state index contributed by atoms with van der Waals surface area (Å²) < 4.78 is 21.4. The maximum atomic E-state index is 11.1. The third kappa shape index (κ3) is 6.15. The molecule has 0 unspecified atom stereocenters. The zero-order valence-electron chi connectivity index (χ0n) is 13.4. The molecule has 1 heterocycles. The molecular weight excluding hydrogens is 292 g/mol. The molecule has 0 saturated carbocycles. The lowest BCUT2D eigenvalue weighted by Crippen LogP contribution is -2.46. The molecule has 1 aliphatic rings. The number of carbonyl (C=O) groups is 2. The average Bonchev–Trinajstić information content (AvgIpc) is 2.29. The first kappa shape index (κ1) is 18.1. The van der Waals surface area contributed by atoms with Gasteiger partial charge in [0, 0.05) is 38.5 Å². The van der Waals surface area contributed by atoms with Crippen molar-refractivity contribution in [2.24, 2.45) is 5.41 Å². The van der Waals surface area contributed by atoms with Crippen molar-refractivity contribution in [1.29, 1.82) is 0 Å². The lowest BCUT2D eigenvalue weighted by Gasteiger charge is -2.40. The highest BCUT2D eigenvalue weighted by Gasteiger charge is 2.39. The highest BCUT2D eigenvalue weighted by Crippen LogP contribution is 2.31. The summed E-state index contributed by atoms with van der Waals surface area (Å²) in [7, 11) is -2.78. The minimum atomic E-state index is -2.78. The quantitative estimate of drug-likeness (QED) is 0.478. The molecule has 0 aromatic rings. The standard InChI is InChI=1S/C14H26O6Si/c1-5-14(10-18-11-14)9-17-7-6-8-21(4,19-12(2)15)20-13(3)16/h5-11H2,1-4H3. The summed E-state index contributed by atoms with van der Waals surface area (Å²) in [6, 6.07) is 0.543. The van der Waals surface area contributed by atoms with E-state index < -0.39 is 20.5 Å². The van der Waals surface area contributed by atoms with E-state index in [2.05, 4.69) is 6.92 Å². The SMILES string of the molecule is CCC1(COCCC[Si](C)(OC(C)=O)OC(C)=O)COC1. The van der Waals surface area contributed by atoms with Gasteiger partial charge in [-0.2, -0.15) is 0 Å². The van der Waals surface area contributed by atoms with Gasteiger partial charge in [0.15, 0.2) is 0 Å². The van der Waals surface area contributed by atoms with E-state index in [-0.39, 0.29) is 5.41 Å². The van der Waals surface area contributed by atoms with E-state index in [9.17, 15) is 9.59 Å². The van der Waals surface area contributed by atoms with Crippen LogP contribution in [0.5, 0.6) is 0 Å². The Bertz CT molecular complexity index is 345. The summed E-state index contributed by atoms with van der Waals surface area (Å²) in [6.45, 7) is 9.28. The van der Waals surface area contributed by atoms with Gasteiger partial charge in [-0.15, -0.1) is 0 Å². The van der Waals surface area contributed by atoms with Gasteiger partial charge in [-0.1, -0.05) is 6.92 Å². The van der Waals surface area contributed by atoms with Crippen molar-refractivity contribution < 1.29 is 27.9 Å². The van der Waals surface area contributed by atoms with Crippen LogP contribution >= 0.6 is 0 Å². The molecule has 0 aromatic carbocycles. The highest BCUT2D eigenvalue weighted by atomic mass is 28.4. The van der Waals surface area contributed by atoms with Crippen molar-refractivity contribution in [3.05, 3.63) is 0 Å². The largest absolute Gasteiger partial charge is 0.485 e. The maximum absolute atomic E-state index is 11.1. The van der Waals surface area contributed by atoms with Crippen molar-refractivity contribution in [3.8, 4) is 0 Å². The molecule has 0 atom stereocenters. The molecule has 122 valence electrons. The molecule has 0 spiro atoms. The van der Waals surface area contributed by atoms with Gasteiger partial charge >= 0.3 is 8.56 Å². The van der Waals surface area contributed by atoms with Gasteiger partial charge in [0.05, 0.1) is 19.8 Å². The summed E-state index contributed by atoms with van der Waals surface area (Å²) >= 11 is 0. The van der Waals surface area contributed by atoms with Crippen LogP contribution in [-0.2, 0) is 27.9 Å². The van der Waals surface area contributed by atoms with E-state index in [4.69, 9.17) is 18.3 Å². The summed E-state index contributed by atoms with van der Waals surface area (Å²) in [4.78, 5) is 22.2. The van der Waals surface area contributed by atoms with E-state index in [1.54, 1.807) is 6.55 Å². The van der Waals surface area contributed by atoms with Crippen LogP contribution in [0.15, 0.2) is 0 Å². The van der Waals surface area contributed by atoms with Crippen molar-refractivity contribution in [2.45, 2.75) is 46.2 Å². The second-order valence-corrected chi connectivity index (χ2v) is 9.00. The Hall–Kier alpha value is -0.923. The van der Waals surface area contributed by atoms with Crippen molar-refractivity contribution >= 4 is 20.5 Å². The molecule has 0 radical (unpaired) electrons. The number of rotatable bonds is 9. The van der Waals surface area contributed by atoms with Gasteiger partial charge in [-0.3, -0.25) is 9.59 Å². The van der Waals surface area contributed by atoms with Crippen LogP contribution in [0.4, 0.5) is 0 Å². The first-order valence-corrected chi connectivity index (χ1v) is 9.88. The Morgan fingerprint density at radius 1 is 1.19 bits per heavy atom. The van der Waals surface area contributed by atoms with Crippen LogP contribution in [0.2, 0.25) is 12.6 Å². The van der Waals surface area contributed by atoms with E-state index in [0.717, 1.165) is 19.6 Å². The summed E-state index contributed by atoms with van der Waals surface area (Å²) in [5.74, 6) is -0.828. The van der Waals surface area contributed by atoms with Gasteiger partial charge in [-0.05, 0) is 12.8 Å². The van der Waals surface area contributed by atoms with Crippen LogP contribution in [0.3, 0.4) is 0 Å². The van der Waals surface area contributed by atoms with E-state index in [1.807, 2.05) is 0 Å². The predicted octanol–water partition coefficient (Wildman–Crippen LogP) is 2.02. The molecule has 0 aromatic heterocycles. The van der Waals surface area contributed by atoms with Crippen LogP contribution in [0.25, 0.3) is 0 Å². The second-order valence-electron chi connectivity index (χ2n) is 5.82. The Balaban J connectivity index is 2.29. The molecule has 1 fully saturated rings. The van der Waals surface area contributed by atoms with Crippen LogP contribution in [-0.4, -0.2) is 46.9 Å². The fourth-order valence-corrected chi connectivity index (χ4v) is 4.54. The fourth-order valence-electron chi connectivity index (χ4n) is 2.30. The number of carbonyl (C=O) groups excluding carboxylic acids is 2. The minimum absolute atomic E-state index is 0.173. The maximum Gasteiger partial charge on any atom is 0.461 e. The average molecular weight is 318 g/mol. The van der Waals surface area contributed by atoms with Gasteiger partial charge in [0.1, 0.15) is 0 Å². The van der Waals surface area contributed by atoms with E-state index in [1.165, 1.54) is 13.8 Å². The van der Waals surface area contributed by atoms with Gasteiger partial charge in [-0.25, -0.2) is 0 Å². The Kier molecular flexibility index (Phi) is 6.83. The lowest BCUT2D eigenvalue weighted by molar-refractivity contribution is -0.150. The summed E-state index contributed by atoms with van der Waals surface area (Å²) in [5, 5.41) is 0. The van der Waals surface area contributed by atoms with Gasteiger partial charge in [0.2, 0.25) is 0 Å². The summed E-state index contributed by atoms with van der Waals surface area (Å²) in [6.07, 6.45) is 1.74. The van der Waals surface area contributed by atoms with E-state index in [0.29, 0.717) is 25.7 Å². The molecule has 0 amide bonds. The van der Waals surface area contributed by atoms with Crippen molar-refractivity contribution in [1.82, 2.24) is 0 Å². The highest BCUT2D eigenvalue weighted by molar-refractivity contribution is 6.69. The molecule has 7 heteroatoms. The lowest BCUT2D eigenvalue weighted by atomic mass is 9.84. The predicted molar refractivity (Wildman–Crippen MR) is 78.9 cm³/mol. The molecule has 0 aliphatic carbocycles. The van der Waals surface area contributed by atoms with E-state index >= 15 is 0 Å².